The van der Waals surface area contributed by atoms with Gasteiger partial charge < -0.3 is 5.32 Å². The summed E-state index contributed by atoms with van der Waals surface area (Å²) in [7, 11) is -3.71. The number of sulfonamides is 1. The molecule has 2 rings (SSSR count). The third kappa shape index (κ3) is 4.82. The van der Waals surface area contributed by atoms with Gasteiger partial charge in [-0.2, -0.15) is 0 Å². The monoisotopic (exact) mass is 408 g/mol. The zero-order valence-electron chi connectivity index (χ0n) is 16.2. The topological polar surface area (TPSA) is 66.5 Å². The van der Waals surface area contributed by atoms with E-state index >= 15 is 0 Å². The number of benzene rings is 2. The fourth-order valence-corrected chi connectivity index (χ4v) is 4.39. The number of carbonyl (C=O) groups excluding carboxylic acids is 1. The summed E-state index contributed by atoms with van der Waals surface area (Å²) in [5.74, 6) is -0.379. The van der Waals surface area contributed by atoms with Crippen LogP contribution < -0.4 is 9.62 Å². The summed E-state index contributed by atoms with van der Waals surface area (Å²) in [5.41, 5.74) is 3.81. The Morgan fingerprint density at radius 1 is 1.15 bits per heavy atom. The molecule has 0 aliphatic carbocycles. The highest BCUT2D eigenvalue weighted by molar-refractivity contribution is 7.92. The summed E-state index contributed by atoms with van der Waals surface area (Å²) in [6, 6.07) is 9.74. The number of nitrogens with one attached hydrogen (secondary N) is 1. The molecule has 5 nitrogen and oxygen atoms in total. The van der Waals surface area contributed by atoms with E-state index in [1.54, 1.807) is 32.0 Å². The van der Waals surface area contributed by atoms with Crippen LogP contribution in [0.2, 0.25) is 5.02 Å². The average Bonchev–Trinajstić information content (AvgIpc) is 2.58. The first-order valence-corrected chi connectivity index (χ1v) is 10.9. The Balaban J connectivity index is 2.48. The molecule has 0 radical (unpaired) electrons. The van der Waals surface area contributed by atoms with Gasteiger partial charge in [-0.05, 0) is 62.1 Å². The summed E-state index contributed by atoms with van der Waals surface area (Å²) >= 11 is 6.08. The first kappa shape index (κ1) is 21.3. The van der Waals surface area contributed by atoms with Crippen molar-refractivity contribution < 1.29 is 13.2 Å². The number of hydrogen-bond donors (Lipinski definition) is 1. The number of nitrogens with zero attached hydrogens (tertiary/aromatic N) is 1. The fourth-order valence-electron chi connectivity index (χ4n) is 2.96. The van der Waals surface area contributed by atoms with E-state index in [9.17, 15) is 13.2 Å². The minimum atomic E-state index is -3.71. The molecular formula is C20H25ClN2O3S. The summed E-state index contributed by atoms with van der Waals surface area (Å²) in [4.78, 5) is 13.0. The van der Waals surface area contributed by atoms with Gasteiger partial charge >= 0.3 is 0 Å². The Labute approximate surface area is 166 Å². The number of halogens is 1. The van der Waals surface area contributed by atoms with Crippen molar-refractivity contribution in [3.05, 3.63) is 58.1 Å². The van der Waals surface area contributed by atoms with Crippen LogP contribution in [0, 0.1) is 20.8 Å². The van der Waals surface area contributed by atoms with Gasteiger partial charge in [0, 0.05) is 10.7 Å². The van der Waals surface area contributed by atoms with Gasteiger partial charge in [0.2, 0.25) is 15.9 Å². The minimum Gasteiger partial charge on any atom is -0.324 e. The van der Waals surface area contributed by atoms with Crippen molar-refractivity contribution >= 4 is 38.9 Å². The summed E-state index contributed by atoms with van der Waals surface area (Å²) < 4.78 is 26.3. The van der Waals surface area contributed by atoms with Crippen LogP contribution in [-0.4, -0.2) is 26.6 Å². The Morgan fingerprint density at radius 2 is 1.81 bits per heavy atom. The predicted molar refractivity (Wildman–Crippen MR) is 112 cm³/mol. The maximum atomic E-state index is 13.0. The molecule has 7 heteroatoms. The van der Waals surface area contributed by atoms with Crippen LogP contribution in [0.1, 0.15) is 30.0 Å². The van der Waals surface area contributed by atoms with Gasteiger partial charge in [-0.15, -0.1) is 0 Å². The molecule has 0 bridgehead atoms. The molecule has 1 atom stereocenters. The highest BCUT2D eigenvalue weighted by Gasteiger charge is 2.32. The number of hydrogen-bond acceptors (Lipinski definition) is 3. The maximum absolute atomic E-state index is 13.0. The molecule has 0 fully saturated rings. The summed E-state index contributed by atoms with van der Waals surface area (Å²) in [6.45, 7) is 7.45. The molecule has 0 saturated carbocycles. The van der Waals surface area contributed by atoms with Crippen LogP contribution in [0.25, 0.3) is 0 Å². The molecule has 1 N–H and O–H groups in total. The smallest absolute Gasteiger partial charge is 0.248 e. The highest BCUT2D eigenvalue weighted by Crippen LogP contribution is 2.30. The van der Waals surface area contributed by atoms with Crippen molar-refractivity contribution in [2.24, 2.45) is 0 Å². The van der Waals surface area contributed by atoms with E-state index < -0.39 is 16.1 Å². The lowest BCUT2D eigenvalue weighted by Crippen LogP contribution is -2.47. The Hall–Kier alpha value is -2.05. The van der Waals surface area contributed by atoms with Crippen LogP contribution in [0.3, 0.4) is 0 Å². The van der Waals surface area contributed by atoms with Gasteiger partial charge in [-0.3, -0.25) is 9.10 Å². The molecule has 146 valence electrons. The average molecular weight is 409 g/mol. The molecule has 2 aromatic carbocycles. The van der Waals surface area contributed by atoms with Gasteiger partial charge in [-0.25, -0.2) is 8.42 Å². The van der Waals surface area contributed by atoms with E-state index in [0.29, 0.717) is 22.8 Å². The standard InChI is InChI=1S/C20H25ClN2O3S/c1-6-18(20(24)22-17-9-7-8-13(2)15(17)4)23(27(5,25)26)19-12-16(21)11-10-14(19)3/h7-12,18H,6H2,1-5H3,(H,22,24)/t18-/m0/s1. The first-order chi connectivity index (χ1) is 12.6. The number of anilines is 2. The van der Waals surface area contributed by atoms with E-state index in [1.807, 2.05) is 32.0 Å². The van der Waals surface area contributed by atoms with Gasteiger partial charge in [0.25, 0.3) is 0 Å². The largest absolute Gasteiger partial charge is 0.324 e. The molecule has 0 aromatic heterocycles. The molecule has 0 heterocycles. The van der Waals surface area contributed by atoms with Crippen molar-refractivity contribution in [2.45, 2.75) is 40.2 Å². The second kappa shape index (κ2) is 8.31. The normalized spacial score (nSPS) is 12.5. The molecular weight excluding hydrogens is 384 g/mol. The molecule has 0 unspecified atom stereocenters. The summed E-state index contributed by atoms with van der Waals surface area (Å²) in [5, 5.41) is 3.29. The van der Waals surface area contributed by atoms with E-state index in [0.717, 1.165) is 27.3 Å². The lowest BCUT2D eigenvalue weighted by molar-refractivity contribution is -0.117. The van der Waals surface area contributed by atoms with Crippen molar-refractivity contribution in [1.29, 1.82) is 0 Å². The van der Waals surface area contributed by atoms with Crippen LogP contribution in [-0.2, 0) is 14.8 Å². The van der Waals surface area contributed by atoms with Crippen molar-refractivity contribution in [3.63, 3.8) is 0 Å². The molecule has 0 aliphatic rings. The molecule has 27 heavy (non-hydrogen) atoms. The fraction of sp³-hybridized carbons (Fsp3) is 0.350. The van der Waals surface area contributed by atoms with E-state index in [2.05, 4.69) is 5.32 Å². The van der Waals surface area contributed by atoms with Crippen LogP contribution >= 0.6 is 11.6 Å². The van der Waals surface area contributed by atoms with E-state index in [4.69, 9.17) is 11.6 Å². The lowest BCUT2D eigenvalue weighted by atomic mass is 10.1. The second-order valence-corrected chi connectivity index (χ2v) is 8.95. The van der Waals surface area contributed by atoms with Gasteiger partial charge in [0.1, 0.15) is 6.04 Å². The van der Waals surface area contributed by atoms with Crippen molar-refractivity contribution in [2.75, 3.05) is 15.9 Å². The Kier molecular flexibility index (Phi) is 6.54. The van der Waals surface area contributed by atoms with Crippen molar-refractivity contribution in [1.82, 2.24) is 0 Å². The SMILES string of the molecule is CC[C@@H](C(=O)Nc1cccc(C)c1C)N(c1cc(Cl)ccc1C)S(C)(=O)=O. The molecule has 0 spiro atoms. The van der Waals surface area contributed by atoms with Gasteiger partial charge in [0.05, 0.1) is 11.9 Å². The zero-order chi connectivity index (χ0) is 20.4. The Morgan fingerprint density at radius 3 is 2.41 bits per heavy atom. The first-order valence-electron chi connectivity index (χ1n) is 8.69. The zero-order valence-corrected chi connectivity index (χ0v) is 17.8. The molecule has 2 aromatic rings. The van der Waals surface area contributed by atoms with E-state index in [1.165, 1.54) is 0 Å². The number of amides is 1. The third-order valence-corrected chi connectivity index (χ3v) is 6.00. The van der Waals surface area contributed by atoms with Crippen LogP contribution in [0.5, 0.6) is 0 Å². The number of carbonyl (C=O) groups is 1. The molecule has 0 saturated heterocycles. The number of rotatable bonds is 6. The van der Waals surface area contributed by atoms with Crippen LogP contribution in [0.4, 0.5) is 11.4 Å². The van der Waals surface area contributed by atoms with E-state index in [-0.39, 0.29) is 5.91 Å². The predicted octanol–water partition coefficient (Wildman–Crippen LogP) is 4.45. The quantitative estimate of drug-likeness (QED) is 0.767. The molecule has 1 amide bonds. The minimum absolute atomic E-state index is 0.315. The van der Waals surface area contributed by atoms with Gasteiger partial charge in [-0.1, -0.05) is 36.7 Å². The highest BCUT2D eigenvalue weighted by atomic mass is 35.5. The third-order valence-electron chi connectivity index (χ3n) is 4.60. The van der Waals surface area contributed by atoms with Crippen LogP contribution in [0.15, 0.2) is 36.4 Å². The van der Waals surface area contributed by atoms with Crippen molar-refractivity contribution in [3.8, 4) is 0 Å². The summed E-state index contributed by atoms with van der Waals surface area (Å²) in [6.07, 6.45) is 1.41. The maximum Gasteiger partial charge on any atom is 0.248 e. The second-order valence-electron chi connectivity index (χ2n) is 6.65. The number of aryl methyl sites for hydroxylation is 2. The Bertz CT molecular complexity index is 958. The van der Waals surface area contributed by atoms with Gasteiger partial charge in [0.15, 0.2) is 0 Å². The molecule has 0 aliphatic heterocycles. The lowest BCUT2D eigenvalue weighted by Gasteiger charge is -2.31.